The minimum absolute atomic E-state index is 0.103. The summed E-state index contributed by atoms with van der Waals surface area (Å²) in [4.78, 5) is 2.08. The molecule has 0 saturated heterocycles. The Morgan fingerprint density at radius 2 is 1.78 bits per heavy atom. The molecule has 2 N–H and O–H groups in total. The molecule has 0 atom stereocenters. The molecule has 27 heavy (non-hydrogen) atoms. The molecule has 0 aliphatic heterocycles. The normalized spacial score (nSPS) is 11.4. The quantitative estimate of drug-likeness (QED) is 0.583. The summed E-state index contributed by atoms with van der Waals surface area (Å²) in [5.41, 5.74) is 9.19. The van der Waals surface area contributed by atoms with Crippen LogP contribution in [0.4, 0.5) is 20.2 Å². The largest absolute Gasteiger partial charge is 0.370 e. The summed E-state index contributed by atoms with van der Waals surface area (Å²) in [5, 5.41) is 0. The van der Waals surface area contributed by atoms with E-state index in [1.54, 1.807) is 13.1 Å². The first-order chi connectivity index (χ1) is 12.6. The van der Waals surface area contributed by atoms with Crippen molar-refractivity contribution < 1.29 is 17.2 Å². The molecule has 1 rings (SSSR count). The highest BCUT2D eigenvalue weighted by atomic mass is 32.2. The third-order valence-electron chi connectivity index (χ3n) is 4.17. The minimum Gasteiger partial charge on any atom is -0.370 e. The summed E-state index contributed by atoms with van der Waals surface area (Å²) in [6.45, 7) is 8.78. The van der Waals surface area contributed by atoms with E-state index in [2.05, 4.69) is 15.8 Å². The zero-order valence-corrected chi connectivity index (χ0v) is 18.3. The fourth-order valence-corrected chi connectivity index (χ4v) is 4.08. The second kappa shape index (κ2) is 12.1. The number of benzene rings is 1. The van der Waals surface area contributed by atoms with Crippen LogP contribution >= 0.6 is 0 Å². The summed E-state index contributed by atoms with van der Waals surface area (Å²) >= 11 is 0. The Morgan fingerprint density at radius 3 is 2.19 bits per heavy atom. The highest BCUT2D eigenvalue weighted by Gasteiger charge is 2.21. The molecule has 0 fully saturated rings. The summed E-state index contributed by atoms with van der Waals surface area (Å²) < 4.78 is 48.1. The Labute approximate surface area is 162 Å². The van der Waals surface area contributed by atoms with E-state index in [0.29, 0.717) is 32.4 Å². The molecule has 0 aliphatic carbocycles. The maximum Gasteiger partial charge on any atom is 0.211 e. The van der Waals surface area contributed by atoms with Gasteiger partial charge in [-0.2, -0.15) is 4.31 Å². The van der Waals surface area contributed by atoms with Gasteiger partial charge in [-0.15, -0.1) is 0 Å². The van der Waals surface area contributed by atoms with Crippen molar-refractivity contribution in [3.63, 3.8) is 0 Å². The number of nitrogens with one attached hydrogen (secondary N) is 2. The number of alkyl halides is 2. The van der Waals surface area contributed by atoms with E-state index in [1.807, 2.05) is 33.8 Å². The smallest absolute Gasteiger partial charge is 0.211 e. The van der Waals surface area contributed by atoms with E-state index >= 15 is 0 Å². The van der Waals surface area contributed by atoms with Crippen molar-refractivity contribution >= 4 is 21.4 Å². The lowest BCUT2D eigenvalue weighted by molar-refractivity contribution is 0.361. The third-order valence-corrected chi connectivity index (χ3v) is 5.62. The van der Waals surface area contributed by atoms with E-state index in [0.717, 1.165) is 16.9 Å². The monoisotopic (exact) mass is 408 g/mol. The van der Waals surface area contributed by atoms with Crippen molar-refractivity contribution in [3.8, 4) is 0 Å². The summed E-state index contributed by atoms with van der Waals surface area (Å²) in [7, 11) is -1.01. The fourth-order valence-electron chi connectivity index (χ4n) is 2.90. The van der Waals surface area contributed by atoms with Crippen LogP contribution in [-0.4, -0.2) is 58.9 Å². The lowest BCUT2D eigenvalue weighted by atomic mass is 10.1. The summed E-state index contributed by atoms with van der Waals surface area (Å²) in [6.07, 6.45) is 1.23. The van der Waals surface area contributed by atoms with Gasteiger partial charge in [0, 0.05) is 38.4 Å². The van der Waals surface area contributed by atoms with Crippen LogP contribution in [0.1, 0.15) is 31.9 Å². The van der Waals surface area contributed by atoms with Gasteiger partial charge in [0.15, 0.2) is 0 Å². The Hall–Kier alpha value is -1.45. The number of nitrogens with zero attached hydrogens (tertiary/aromatic N) is 2. The van der Waals surface area contributed by atoms with Crippen LogP contribution in [0.2, 0.25) is 0 Å². The van der Waals surface area contributed by atoms with Crippen molar-refractivity contribution in [1.29, 1.82) is 0 Å². The molecule has 1 aromatic rings. The Kier molecular flexibility index (Phi) is 11.4. The van der Waals surface area contributed by atoms with E-state index in [4.69, 9.17) is 0 Å². The van der Waals surface area contributed by atoms with Gasteiger partial charge in [0.2, 0.25) is 10.0 Å². The van der Waals surface area contributed by atoms with E-state index in [-0.39, 0.29) is 6.04 Å². The van der Waals surface area contributed by atoms with Crippen molar-refractivity contribution in [2.45, 2.75) is 40.4 Å². The average Bonchev–Trinajstić information content (AvgIpc) is 2.61. The molecule has 0 aliphatic rings. The molecule has 9 heteroatoms. The number of anilines is 2. The highest BCUT2D eigenvalue weighted by molar-refractivity contribution is 7.88. The number of rotatable bonds is 10. The molecule has 0 amide bonds. The van der Waals surface area contributed by atoms with Crippen LogP contribution in [0.5, 0.6) is 0 Å². The predicted octanol–water partition coefficient (Wildman–Crippen LogP) is 3.09. The van der Waals surface area contributed by atoms with Gasteiger partial charge in [0.1, 0.15) is 6.67 Å². The topological polar surface area (TPSA) is 64.7 Å². The number of halogens is 2. The lowest BCUT2D eigenvalue weighted by Crippen LogP contribution is -2.42. The second-order valence-electron chi connectivity index (χ2n) is 6.34. The van der Waals surface area contributed by atoms with Crippen LogP contribution < -0.4 is 15.8 Å². The van der Waals surface area contributed by atoms with Crippen molar-refractivity contribution in [2.24, 2.45) is 0 Å². The molecule has 158 valence electrons. The second-order valence-corrected chi connectivity index (χ2v) is 8.28. The molecule has 1 aromatic carbocycles. The number of hydrazine groups is 1. The summed E-state index contributed by atoms with van der Waals surface area (Å²) in [6, 6.07) is 3.51. The van der Waals surface area contributed by atoms with Gasteiger partial charge in [-0.05, 0) is 51.0 Å². The van der Waals surface area contributed by atoms with Crippen molar-refractivity contribution in [3.05, 3.63) is 23.3 Å². The lowest BCUT2D eigenvalue weighted by Gasteiger charge is -2.31. The van der Waals surface area contributed by atoms with Crippen molar-refractivity contribution in [1.82, 2.24) is 9.73 Å². The Morgan fingerprint density at radius 1 is 1.19 bits per heavy atom. The van der Waals surface area contributed by atoms with Crippen LogP contribution in [0, 0.1) is 6.92 Å². The summed E-state index contributed by atoms with van der Waals surface area (Å²) in [5.74, 6) is 0. The first kappa shape index (κ1) is 25.6. The van der Waals surface area contributed by atoms with Crippen molar-refractivity contribution in [2.75, 3.05) is 50.4 Å². The molecule has 0 radical (unpaired) electrons. The van der Waals surface area contributed by atoms with Crippen LogP contribution in [-0.2, 0) is 16.7 Å². The maximum absolute atomic E-state index is 13.2. The molecule has 0 heterocycles. The van der Waals surface area contributed by atoms with Gasteiger partial charge in [-0.1, -0.05) is 0 Å². The van der Waals surface area contributed by atoms with Gasteiger partial charge < -0.3 is 10.3 Å². The number of likely N-dealkylation sites (N-methyl/N-ethyl adjacent to an activating group) is 1. The molecule has 0 aromatic heterocycles. The van der Waals surface area contributed by atoms with Crippen LogP contribution in [0.3, 0.4) is 0 Å². The zero-order chi connectivity index (χ0) is 21.2. The molecule has 0 saturated carbocycles. The Bertz CT molecular complexity index is 670. The molecular formula is C18H34F2N4O2S. The SMILES string of the molecule is CCN(CCN(C(C)C)S(C)(=O)=O)c1cc(CF)cc(NNC)c1C.CF. The van der Waals surface area contributed by atoms with Gasteiger partial charge in [-0.25, -0.2) is 18.2 Å². The van der Waals surface area contributed by atoms with Gasteiger partial charge in [0.25, 0.3) is 0 Å². The van der Waals surface area contributed by atoms with Gasteiger partial charge >= 0.3 is 0 Å². The highest BCUT2D eigenvalue weighted by Crippen LogP contribution is 2.29. The molecular weight excluding hydrogens is 374 g/mol. The fraction of sp³-hybridized carbons (Fsp3) is 0.667. The van der Waals surface area contributed by atoms with Gasteiger partial charge in [-0.3, -0.25) is 4.39 Å². The molecule has 6 nitrogen and oxygen atoms in total. The number of hydrogen-bond donors (Lipinski definition) is 2. The molecule has 0 unspecified atom stereocenters. The van der Waals surface area contributed by atoms with Crippen LogP contribution in [0.15, 0.2) is 12.1 Å². The third kappa shape index (κ3) is 7.59. The van der Waals surface area contributed by atoms with E-state index in [1.165, 1.54) is 10.6 Å². The standard InChI is InChI=1S/C17H31FN4O2S.CH3F/c1-7-21(8-9-22(13(2)3)25(6,23)24)17-11-15(12-18)10-16(14(17)4)20-19-5;1-2/h10-11,13,19-20H,7-9,12H2,1-6H3;1H3. The first-order valence-corrected chi connectivity index (χ1v) is 10.7. The minimum atomic E-state index is -3.27. The molecule has 0 bridgehead atoms. The Balaban J connectivity index is 0.00000326. The molecule has 0 spiro atoms. The average molecular weight is 409 g/mol. The predicted molar refractivity (Wildman–Crippen MR) is 110 cm³/mol. The number of hydrogen-bond acceptors (Lipinski definition) is 5. The maximum atomic E-state index is 13.2. The van der Waals surface area contributed by atoms with E-state index < -0.39 is 16.7 Å². The van der Waals surface area contributed by atoms with Crippen LogP contribution in [0.25, 0.3) is 0 Å². The number of sulfonamides is 1. The van der Waals surface area contributed by atoms with Gasteiger partial charge in [0.05, 0.1) is 19.1 Å². The van der Waals surface area contributed by atoms with E-state index in [9.17, 15) is 17.2 Å². The first-order valence-electron chi connectivity index (χ1n) is 8.87. The zero-order valence-electron chi connectivity index (χ0n) is 17.4.